The quantitative estimate of drug-likeness (QED) is 0.833. The van der Waals surface area contributed by atoms with Gasteiger partial charge in [0, 0.05) is 31.0 Å². The number of aromatic nitrogens is 1. The molecule has 136 valence electrons. The molecule has 1 fully saturated rings. The van der Waals surface area contributed by atoms with Gasteiger partial charge >= 0.3 is 0 Å². The molecule has 1 aliphatic rings. The van der Waals surface area contributed by atoms with E-state index in [-0.39, 0.29) is 4.90 Å². The molecule has 26 heavy (non-hydrogen) atoms. The van der Waals surface area contributed by atoms with Crippen LogP contribution in [0.25, 0.3) is 0 Å². The zero-order valence-corrected chi connectivity index (χ0v) is 15.3. The number of rotatable bonds is 5. The summed E-state index contributed by atoms with van der Waals surface area (Å²) in [6, 6.07) is 13.3. The summed E-state index contributed by atoms with van der Waals surface area (Å²) in [7, 11) is -2.08. The van der Waals surface area contributed by atoms with E-state index in [1.807, 2.05) is 24.3 Å². The molecule has 0 unspecified atom stereocenters. The van der Waals surface area contributed by atoms with Crippen LogP contribution in [0.3, 0.4) is 0 Å². The molecule has 8 heteroatoms. The van der Waals surface area contributed by atoms with E-state index in [1.54, 1.807) is 12.1 Å². The van der Waals surface area contributed by atoms with Crippen LogP contribution in [-0.4, -0.2) is 39.6 Å². The van der Waals surface area contributed by atoms with Crippen molar-refractivity contribution in [1.82, 2.24) is 9.71 Å². The van der Waals surface area contributed by atoms with Gasteiger partial charge in [0.15, 0.2) is 0 Å². The highest BCUT2D eigenvalue weighted by Crippen LogP contribution is 2.22. The normalized spacial score (nSPS) is 15.5. The minimum atomic E-state index is -3.46. The fourth-order valence-electron chi connectivity index (χ4n) is 2.98. The van der Waals surface area contributed by atoms with Crippen molar-refractivity contribution >= 4 is 21.5 Å². The second-order valence-electron chi connectivity index (χ2n) is 6.15. The van der Waals surface area contributed by atoms with Crippen molar-refractivity contribution in [1.29, 1.82) is 5.26 Å². The number of nitriles is 1. The SMILES string of the molecule is CNS(=O)(=O)c1ccc(NC2CCN(c3ccc(C#N)cc3)CC2)nc1. The molecular formula is C18H21N5O2S. The van der Waals surface area contributed by atoms with Gasteiger partial charge in [0.1, 0.15) is 10.7 Å². The number of nitrogens with one attached hydrogen (secondary N) is 2. The Kier molecular flexibility index (Phi) is 5.40. The van der Waals surface area contributed by atoms with Gasteiger partial charge in [-0.05, 0) is 56.3 Å². The fraction of sp³-hybridized carbons (Fsp3) is 0.333. The Balaban J connectivity index is 1.56. The molecule has 0 saturated carbocycles. The second-order valence-corrected chi connectivity index (χ2v) is 8.04. The molecule has 0 atom stereocenters. The van der Waals surface area contributed by atoms with Crippen molar-refractivity contribution < 1.29 is 8.42 Å². The molecule has 0 amide bonds. The summed E-state index contributed by atoms with van der Waals surface area (Å²) in [5.41, 5.74) is 1.79. The Labute approximate surface area is 153 Å². The first-order valence-electron chi connectivity index (χ1n) is 8.43. The van der Waals surface area contributed by atoms with Crippen molar-refractivity contribution in [3.8, 4) is 6.07 Å². The Morgan fingerprint density at radius 1 is 1.15 bits per heavy atom. The first-order valence-corrected chi connectivity index (χ1v) is 9.91. The maximum absolute atomic E-state index is 11.7. The van der Waals surface area contributed by atoms with Gasteiger partial charge in [-0.25, -0.2) is 18.1 Å². The van der Waals surface area contributed by atoms with Crippen LogP contribution < -0.4 is 14.9 Å². The van der Waals surface area contributed by atoms with Gasteiger partial charge in [-0.15, -0.1) is 0 Å². The van der Waals surface area contributed by atoms with Crippen LogP contribution in [0.2, 0.25) is 0 Å². The van der Waals surface area contributed by atoms with Crippen LogP contribution in [0.1, 0.15) is 18.4 Å². The molecule has 3 rings (SSSR count). The molecule has 0 spiro atoms. The lowest BCUT2D eigenvalue weighted by Gasteiger charge is -2.34. The Bertz CT molecular complexity index is 881. The largest absolute Gasteiger partial charge is 0.371 e. The Hall–Kier alpha value is -2.63. The van der Waals surface area contributed by atoms with Crippen molar-refractivity contribution in [2.45, 2.75) is 23.8 Å². The minimum absolute atomic E-state index is 0.154. The molecule has 2 N–H and O–H groups in total. The molecule has 2 heterocycles. The lowest BCUT2D eigenvalue weighted by molar-refractivity contribution is 0.525. The van der Waals surface area contributed by atoms with Crippen LogP contribution in [-0.2, 0) is 10.0 Å². The van der Waals surface area contributed by atoms with Gasteiger partial charge in [-0.3, -0.25) is 0 Å². The first-order chi connectivity index (χ1) is 12.5. The smallest absolute Gasteiger partial charge is 0.241 e. The average molecular weight is 371 g/mol. The monoisotopic (exact) mass is 371 g/mol. The number of sulfonamides is 1. The summed E-state index contributed by atoms with van der Waals surface area (Å²) in [5.74, 6) is 0.678. The van der Waals surface area contributed by atoms with Crippen LogP contribution >= 0.6 is 0 Å². The number of hydrogen-bond acceptors (Lipinski definition) is 6. The average Bonchev–Trinajstić information content (AvgIpc) is 2.69. The lowest BCUT2D eigenvalue weighted by Crippen LogP contribution is -2.39. The molecule has 2 aromatic rings. The molecular weight excluding hydrogens is 350 g/mol. The van der Waals surface area contributed by atoms with Crippen LogP contribution in [0.5, 0.6) is 0 Å². The molecule has 1 saturated heterocycles. The first kappa shape index (κ1) is 18.2. The molecule has 0 bridgehead atoms. The third-order valence-corrected chi connectivity index (χ3v) is 5.92. The molecule has 7 nitrogen and oxygen atoms in total. The van der Waals surface area contributed by atoms with Crippen molar-refractivity contribution in [3.05, 3.63) is 48.2 Å². The van der Waals surface area contributed by atoms with Gasteiger partial charge in [-0.1, -0.05) is 0 Å². The minimum Gasteiger partial charge on any atom is -0.371 e. The predicted octanol–water partition coefficient (Wildman–Crippen LogP) is 1.94. The van der Waals surface area contributed by atoms with Crippen molar-refractivity contribution in [2.24, 2.45) is 0 Å². The maximum atomic E-state index is 11.7. The van der Waals surface area contributed by atoms with E-state index in [1.165, 1.54) is 13.2 Å². The van der Waals surface area contributed by atoms with Gasteiger partial charge in [0.05, 0.1) is 11.6 Å². The summed E-state index contributed by atoms with van der Waals surface area (Å²) in [6.45, 7) is 1.82. The zero-order valence-electron chi connectivity index (χ0n) is 14.5. The highest BCUT2D eigenvalue weighted by molar-refractivity contribution is 7.89. The van der Waals surface area contributed by atoms with E-state index in [4.69, 9.17) is 5.26 Å². The molecule has 0 aliphatic carbocycles. The van der Waals surface area contributed by atoms with Gasteiger partial charge in [0.2, 0.25) is 10.0 Å². The number of benzene rings is 1. The van der Waals surface area contributed by atoms with E-state index in [2.05, 4.69) is 26.0 Å². The fourth-order valence-corrected chi connectivity index (χ4v) is 3.65. The Morgan fingerprint density at radius 3 is 2.38 bits per heavy atom. The summed E-state index contributed by atoms with van der Waals surface area (Å²) in [4.78, 5) is 6.66. The van der Waals surface area contributed by atoms with Gasteiger partial charge in [0.25, 0.3) is 0 Å². The lowest BCUT2D eigenvalue weighted by atomic mass is 10.0. The van der Waals surface area contributed by atoms with Crippen molar-refractivity contribution in [3.63, 3.8) is 0 Å². The molecule has 1 aliphatic heterocycles. The number of nitrogens with zero attached hydrogens (tertiary/aromatic N) is 3. The zero-order chi connectivity index (χ0) is 18.6. The van der Waals surface area contributed by atoms with Crippen LogP contribution in [0.4, 0.5) is 11.5 Å². The second kappa shape index (κ2) is 7.72. The standard InChI is InChI=1S/C18H21N5O2S/c1-20-26(24,25)17-6-7-18(21-13-17)22-15-8-10-23(11-9-15)16-4-2-14(12-19)3-5-16/h2-7,13,15,20H,8-11H2,1H3,(H,21,22). The number of pyridine rings is 1. The van der Waals surface area contributed by atoms with E-state index in [0.717, 1.165) is 31.6 Å². The third kappa shape index (κ3) is 4.12. The summed E-state index contributed by atoms with van der Waals surface area (Å²) >= 11 is 0. The van der Waals surface area contributed by atoms with Crippen LogP contribution in [0, 0.1) is 11.3 Å². The van der Waals surface area contributed by atoms with E-state index < -0.39 is 10.0 Å². The highest BCUT2D eigenvalue weighted by Gasteiger charge is 2.20. The molecule has 0 radical (unpaired) electrons. The molecule has 1 aromatic heterocycles. The highest BCUT2D eigenvalue weighted by atomic mass is 32.2. The number of hydrogen-bond donors (Lipinski definition) is 2. The summed E-state index contributed by atoms with van der Waals surface area (Å²) in [6.07, 6.45) is 3.27. The van der Waals surface area contributed by atoms with Crippen molar-refractivity contribution in [2.75, 3.05) is 30.4 Å². The summed E-state index contributed by atoms with van der Waals surface area (Å²) in [5, 5.41) is 12.2. The van der Waals surface area contributed by atoms with Gasteiger partial charge < -0.3 is 10.2 Å². The predicted molar refractivity (Wildman–Crippen MR) is 100 cm³/mol. The third-order valence-electron chi connectivity index (χ3n) is 4.52. The number of anilines is 2. The maximum Gasteiger partial charge on any atom is 0.241 e. The molecule has 1 aromatic carbocycles. The topological polar surface area (TPSA) is 98.1 Å². The van der Waals surface area contributed by atoms with E-state index in [9.17, 15) is 8.42 Å². The van der Waals surface area contributed by atoms with E-state index >= 15 is 0 Å². The Morgan fingerprint density at radius 2 is 1.85 bits per heavy atom. The summed E-state index contributed by atoms with van der Waals surface area (Å²) < 4.78 is 25.7. The van der Waals surface area contributed by atoms with Crippen LogP contribution in [0.15, 0.2) is 47.5 Å². The van der Waals surface area contributed by atoms with Gasteiger partial charge in [-0.2, -0.15) is 5.26 Å². The van der Waals surface area contributed by atoms with E-state index in [0.29, 0.717) is 17.4 Å². The number of piperidine rings is 1.